The largest absolute Gasteiger partial charge is 0.492 e. The van der Waals surface area contributed by atoms with E-state index in [1.54, 1.807) is 36.8 Å². The molecule has 12 heteroatoms. The van der Waals surface area contributed by atoms with Crippen LogP contribution in [-0.2, 0) is 18.4 Å². The van der Waals surface area contributed by atoms with Gasteiger partial charge in [-0.25, -0.2) is 9.97 Å². The molecular formula is C32H33ClN8O3. The minimum atomic E-state index is -0.121. The van der Waals surface area contributed by atoms with Crippen LogP contribution in [0, 0.1) is 11.3 Å². The third kappa shape index (κ3) is 6.99. The lowest BCUT2D eigenvalue weighted by atomic mass is 10.1. The molecule has 11 nitrogen and oxygen atoms in total. The van der Waals surface area contributed by atoms with Gasteiger partial charge in [0, 0.05) is 48.6 Å². The fourth-order valence-corrected chi connectivity index (χ4v) is 4.95. The number of pyridine rings is 2. The van der Waals surface area contributed by atoms with E-state index in [1.165, 1.54) is 6.20 Å². The van der Waals surface area contributed by atoms with Gasteiger partial charge in [0.15, 0.2) is 5.65 Å². The molecule has 3 aromatic heterocycles. The van der Waals surface area contributed by atoms with Gasteiger partial charge in [0.2, 0.25) is 5.91 Å². The van der Waals surface area contributed by atoms with Gasteiger partial charge in [-0.2, -0.15) is 5.26 Å². The Morgan fingerprint density at radius 3 is 2.66 bits per heavy atom. The number of ether oxygens (including phenoxy) is 2. The third-order valence-electron chi connectivity index (χ3n) is 6.88. The molecule has 0 aliphatic heterocycles. The lowest BCUT2D eigenvalue weighted by Gasteiger charge is -2.17. The maximum atomic E-state index is 12.8. The van der Waals surface area contributed by atoms with E-state index in [0.29, 0.717) is 63.1 Å². The second kappa shape index (κ2) is 13.6. The number of benzene rings is 2. The number of nitriles is 1. The van der Waals surface area contributed by atoms with Crippen LogP contribution in [0.25, 0.3) is 22.1 Å². The highest BCUT2D eigenvalue weighted by atomic mass is 35.5. The molecule has 0 fully saturated rings. The maximum absolute atomic E-state index is 12.8. The summed E-state index contributed by atoms with van der Waals surface area (Å²) in [5, 5.41) is 17.2. The summed E-state index contributed by atoms with van der Waals surface area (Å²) < 4.78 is 13.7. The lowest BCUT2D eigenvalue weighted by molar-refractivity contribution is -0.116. The molecule has 0 aliphatic carbocycles. The number of imidazole rings is 1. The van der Waals surface area contributed by atoms with Gasteiger partial charge in [-0.3, -0.25) is 9.78 Å². The Morgan fingerprint density at radius 1 is 1.07 bits per heavy atom. The van der Waals surface area contributed by atoms with Gasteiger partial charge >= 0.3 is 0 Å². The number of aromatic nitrogens is 4. The van der Waals surface area contributed by atoms with Gasteiger partial charge < -0.3 is 29.6 Å². The average molecular weight is 613 g/mol. The number of carbonyl (C=O) groups is 1. The fourth-order valence-electron chi connectivity index (χ4n) is 4.72. The molecule has 44 heavy (non-hydrogen) atoms. The molecule has 5 aromatic rings. The first kappa shape index (κ1) is 30.5. The first-order valence-corrected chi connectivity index (χ1v) is 14.5. The van der Waals surface area contributed by atoms with Crippen molar-refractivity contribution in [3.8, 4) is 17.6 Å². The summed E-state index contributed by atoms with van der Waals surface area (Å²) >= 11 is 6.61. The van der Waals surface area contributed by atoms with Crippen molar-refractivity contribution in [3.05, 3.63) is 71.3 Å². The summed E-state index contributed by atoms with van der Waals surface area (Å²) in [7, 11) is 5.84. The second-order valence-corrected chi connectivity index (χ2v) is 10.9. The summed E-state index contributed by atoms with van der Waals surface area (Å²) in [5.41, 5.74) is 5.07. The molecule has 226 valence electrons. The van der Waals surface area contributed by atoms with Crippen molar-refractivity contribution in [2.45, 2.75) is 26.4 Å². The molecule has 0 aliphatic rings. The minimum Gasteiger partial charge on any atom is -0.492 e. The summed E-state index contributed by atoms with van der Waals surface area (Å²) in [4.78, 5) is 28.1. The number of nitrogens with one attached hydrogen (secondary N) is 2. The first-order chi connectivity index (χ1) is 21.2. The lowest BCUT2D eigenvalue weighted by Crippen LogP contribution is -2.17. The van der Waals surface area contributed by atoms with Crippen LogP contribution < -0.4 is 20.1 Å². The van der Waals surface area contributed by atoms with Crippen LogP contribution in [0.5, 0.6) is 11.5 Å². The van der Waals surface area contributed by atoms with E-state index in [-0.39, 0.29) is 12.5 Å². The number of carbonyl (C=O) groups excluding carboxylic acids is 1. The van der Waals surface area contributed by atoms with Crippen molar-refractivity contribution in [2.75, 3.05) is 37.9 Å². The van der Waals surface area contributed by atoms with Crippen LogP contribution in [0.1, 0.15) is 30.9 Å². The highest BCUT2D eigenvalue weighted by Gasteiger charge is 2.16. The molecule has 0 bridgehead atoms. The van der Waals surface area contributed by atoms with Crippen molar-refractivity contribution in [1.29, 1.82) is 5.26 Å². The number of hydrogen-bond acceptors (Lipinski definition) is 9. The topological polar surface area (TPSA) is 130 Å². The number of hydrogen-bond donors (Lipinski definition) is 2. The summed E-state index contributed by atoms with van der Waals surface area (Å²) in [6.07, 6.45) is 6.07. The SMILES string of the molecule is CCOc1cc2ncc(C#N)c(Nc3ccc(OCc4cnc5c(c4)ncn5C)c(Cl)c3)c2cc1NC(=O)CCCN(C)C. The Kier molecular flexibility index (Phi) is 9.43. The number of nitrogens with zero attached hydrogens (tertiary/aromatic N) is 6. The van der Waals surface area contributed by atoms with E-state index < -0.39 is 0 Å². The number of anilines is 3. The summed E-state index contributed by atoms with van der Waals surface area (Å²) in [5.74, 6) is 0.884. The molecule has 2 aromatic carbocycles. The average Bonchev–Trinajstić information content (AvgIpc) is 3.37. The fraction of sp³-hybridized carbons (Fsp3) is 0.281. The van der Waals surface area contributed by atoms with Crippen molar-refractivity contribution in [1.82, 2.24) is 24.4 Å². The third-order valence-corrected chi connectivity index (χ3v) is 7.17. The molecule has 0 saturated carbocycles. The monoisotopic (exact) mass is 612 g/mol. The van der Waals surface area contributed by atoms with Gasteiger partial charge in [0.05, 0.1) is 40.4 Å². The van der Waals surface area contributed by atoms with Crippen LogP contribution in [0.3, 0.4) is 0 Å². The smallest absolute Gasteiger partial charge is 0.224 e. The number of rotatable bonds is 12. The zero-order valence-electron chi connectivity index (χ0n) is 25.0. The first-order valence-electron chi connectivity index (χ1n) is 14.1. The predicted molar refractivity (Wildman–Crippen MR) is 172 cm³/mol. The molecule has 0 spiro atoms. The molecule has 0 radical (unpaired) electrons. The van der Waals surface area contributed by atoms with E-state index in [0.717, 1.165) is 29.7 Å². The molecule has 1 amide bonds. The predicted octanol–water partition coefficient (Wildman–Crippen LogP) is 6.04. The number of amides is 1. The van der Waals surface area contributed by atoms with Crippen LogP contribution in [0.2, 0.25) is 5.02 Å². The van der Waals surface area contributed by atoms with Crippen LogP contribution in [0.15, 0.2) is 55.1 Å². The van der Waals surface area contributed by atoms with Crippen molar-refractivity contribution in [2.24, 2.45) is 7.05 Å². The van der Waals surface area contributed by atoms with Crippen molar-refractivity contribution < 1.29 is 14.3 Å². The summed E-state index contributed by atoms with van der Waals surface area (Å²) in [6.45, 7) is 3.36. The van der Waals surface area contributed by atoms with E-state index in [1.807, 2.05) is 49.7 Å². The standard InChI is InChI=1S/C32H33ClN8O3/c1-5-43-29-14-25-23(13-26(29)39-30(42)7-6-10-40(2)3)31(21(15-34)17-35-25)38-22-8-9-28(24(33)12-22)44-18-20-11-27-32(36-16-20)41(4)19-37-27/h8-9,11-14,16-17,19H,5-7,10,18H2,1-4H3,(H,35,38)(H,39,42). The highest BCUT2D eigenvalue weighted by molar-refractivity contribution is 6.32. The number of halogens is 1. The molecule has 2 N–H and O–H groups in total. The van der Waals surface area contributed by atoms with Crippen LogP contribution in [0.4, 0.5) is 17.1 Å². The highest BCUT2D eigenvalue weighted by Crippen LogP contribution is 2.37. The van der Waals surface area contributed by atoms with Gasteiger partial charge in [0.1, 0.15) is 29.7 Å². The molecule has 0 atom stereocenters. The van der Waals surface area contributed by atoms with Crippen LogP contribution >= 0.6 is 11.6 Å². The van der Waals surface area contributed by atoms with E-state index in [9.17, 15) is 10.1 Å². The molecule has 0 saturated heterocycles. The van der Waals surface area contributed by atoms with Gasteiger partial charge in [-0.15, -0.1) is 0 Å². The Balaban J connectivity index is 1.38. The number of fused-ring (bicyclic) bond motifs is 2. The molecule has 5 rings (SSSR count). The molecule has 3 heterocycles. The Morgan fingerprint density at radius 2 is 1.91 bits per heavy atom. The van der Waals surface area contributed by atoms with Gasteiger partial charge in [-0.1, -0.05) is 11.6 Å². The quantitative estimate of drug-likeness (QED) is 0.173. The minimum absolute atomic E-state index is 0.121. The Hall–Kier alpha value is -4.92. The van der Waals surface area contributed by atoms with Gasteiger partial charge in [-0.05, 0) is 64.3 Å². The second-order valence-electron chi connectivity index (χ2n) is 10.5. The van der Waals surface area contributed by atoms with E-state index in [4.69, 9.17) is 21.1 Å². The van der Waals surface area contributed by atoms with E-state index >= 15 is 0 Å². The van der Waals surface area contributed by atoms with E-state index in [2.05, 4.69) is 31.7 Å². The number of aryl methyl sites for hydroxylation is 1. The molecule has 0 unspecified atom stereocenters. The molecular weight excluding hydrogens is 580 g/mol. The maximum Gasteiger partial charge on any atom is 0.224 e. The van der Waals surface area contributed by atoms with Crippen molar-refractivity contribution in [3.63, 3.8) is 0 Å². The Labute approximate surface area is 260 Å². The van der Waals surface area contributed by atoms with Crippen molar-refractivity contribution >= 4 is 56.6 Å². The Bertz CT molecular complexity index is 1860. The van der Waals surface area contributed by atoms with Gasteiger partial charge in [0.25, 0.3) is 0 Å². The van der Waals surface area contributed by atoms with Crippen LogP contribution in [-0.4, -0.2) is 57.6 Å². The zero-order chi connectivity index (χ0) is 31.2. The zero-order valence-corrected chi connectivity index (χ0v) is 25.8. The normalized spacial score (nSPS) is 11.1. The summed E-state index contributed by atoms with van der Waals surface area (Å²) in [6, 6.07) is 13.0.